The number of anilines is 1. The zero-order chi connectivity index (χ0) is 9.26. The molecule has 72 valence electrons. The van der Waals surface area contributed by atoms with Crippen LogP contribution < -0.4 is 11.1 Å². The predicted molar refractivity (Wildman–Crippen MR) is 58.3 cm³/mol. The molecule has 2 rings (SSSR count). The lowest BCUT2D eigenvalue weighted by atomic mass is 10.2. The van der Waals surface area contributed by atoms with Crippen molar-refractivity contribution < 1.29 is 0 Å². The van der Waals surface area contributed by atoms with Gasteiger partial charge < -0.3 is 11.1 Å². The molecule has 0 saturated heterocycles. The summed E-state index contributed by atoms with van der Waals surface area (Å²) in [6.45, 7) is 2.14. The lowest BCUT2D eigenvalue weighted by molar-refractivity contribution is 0.639. The molecule has 1 aromatic heterocycles. The predicted octanol–water partition coefficient (Wildman–Crippen LogP) is 2.35. The van der Waals surface area contributed by atoms with Crippen molar-refractivity contribution in [3.63, 3.8) is 0 Å². The molecule has 0 aromatic carbocycles. The van der Waals surface area contributed by atoms with Crippen molar-refractivity contribution >= 4 is 16.3 Å². The Hall–Kier alpha value is -0.540. The van der Waals surface area contributed by atoms with Gasteiger partial charge in [-0.15, -0.1) is 11.3 Å². The summed E-state index contributed by atoms with van der Waals surface area (Å²) in [7, 11) is 0. The molecule has 3 heteroatoms. The fourth-order valence-corrected chi connectivity index (χ4v) is 2.74. The van der Waals surface area contributed by atoms with Gasteiger partial charge in [-0.3, -0.25) is 0 Å². The third-order valence-electron chi connectivity index (χ3n) is 2.75. The van der Waals surface area contributed by atoms with Crippen molar-refractivity contribution in [2.24, 2.45) is 5.73 Å². The van der Waals surface area contributed by atoms with E-state index in [9.17, 15) is 0 Å². The first-order chi connectivity index (χ1) is 6.27. The molecule has 0 spiro atoms. The monoisotopic (exact) mass is 196 g/mol. The molecule has 3 N–H and O–H groups in total. The van der Waals surface area contributed by atoms with Crippen LogP contribution in [0.3, 0.4) is 0 Å². The molecule has 2 nitrogen and oxygen atoms in total. The maximum atomic E-state index is 5.99. The average molecular weight is 196 g/mol. The fourth-order valence-electron chi connectivity index (χ4n) is 1.86. The molecule has 0 radical (unpaired) electrons. The zero-order valence-corrected chi connectivity index (χ0v) is 8.73. The summed E-state index contributed by atoms with van der Waals surface area (Å²) in [6, 6.07) is 2.99. The summed E-state index contributed by atoms with van der Waals surface area (Å²) < 4.78 is 0. The normalized spacial score (nSPS) is 27.8. The van der Waals surface area contributed by atoms with Gasteiger partial charge in [-0.2, -0.15) is 0 Å². The Morgan fingerprint density at radius 1 is 1.54 bits per heavy atom. The van der Waals surface area contributed by atoms with E-state index in [2.05, 4.69) is 23.7 Å². The minimum absolute atomic E-state index is 0.349. The van der Waals surface area contributed by atoms with Gasteiger partial charge >= 0.3 is 0 Å². The second kappa shape index (κ2) is 3.68. The summed E-state index contributed by atoms with van der Waals surface area (Å²) in [4.78, 5) is 0. The molecule has 13 heavy (non-hydrogen) atoms. The molecule has 1 aliphatic rings. The molecule has 1 fully saturated rings. The molecule has 1 aromatic rings. The maximum Gasteiger partial charge on any atom is 0.0914 e. The Bertz CT molecular complexity index is 282. The first kappa shape index (κ1) is 9.03. The van der Waals surface area contributed by atoms with Gasteiger partial charge in [-0.1, -0.05) is 0 Å². The second-order valence-electron chi connectivity index (χ2n) is 3.78. The van der Waals surface area contributed by atoms with E-state index in [4.69, 9.17) is 5.73 Å². The van der Waals surface area contributed by atoms with E-state index in [1.54, 1.807) is 11.3 Å². The van der Waals surface area contributed by atoms with Gasteiger partial charge in [0.2, 0.25) is 0 Å². The van der Waals surface area contributed by atoms with E-state index >= 15 is 0 Å². The molecule has 2 atom stereocenters. The van der Waals surface area contributed by atoms with Crippen LogP contribution in [0.25, 0.3) is 0 Å². The molecule has 0 aliphatic heterocycles. The Labute approximate surface area is 83.1 Å². The summed E-state index contributed by atoms with van der Waals surface area (Å²) in [5.74, 6) is 0. The lowest BCUT2D eigenvalue weighted by Crippen LogP contribution is -2.35. The number of aryl methyl sites for hydroxylation is 1. The first-order valence-electron chi connectivity index (χ1n) is 4.83. The Kier molecular flexibility index (Phi) is 2.56. The minimum atomic E-state index is 0.349. The van der Waals surface area contributed by atoms with Crippen LogP contribution in [0, 0.1) is 6.92 Å². The molecule has 1 aliphatic carbocycles. The quantitative estimate of drug-likeness (QED) is 0.762. The van der Waals surface area contributed by atoms with Crippen molar-refractivity contribution in [3.8, 4) is 0 Å². The summed E-state index contributed by atoms with van der Waals surface area (Å²) >= 11 is 1.77. The van der Waals surface area contributed by atoms with Crippen molar-refractivity contribution in [1.82, 2.24) is 0 Å². The van der Waals surface area contributed by atoms with Crippen LogP contribution in [0.15, 0.2) is 11.4 Å². The largest absolute Gasteiger partial charge is 0.372 e. The molecule has 1 heterocycles. The average Bonchev–Trinajstić information content (AvgIpc) is 2.65. The smallest absolute Gasteiger partial charge is 0.0914 e. The number of hydrogen-bond donors (Lipinski definition) is 2. The Balaban J connectivity index is 2.01. The van der Waals surface area contributed by atoms with Crippen LogP contribution in [0.2, 0.25) is 0 Å². The highest BCUT2D eigenvalue weighted by Crippen LogP contribution is 2.27. The van der Waals surface area contributed by atoms with E-state index in [0.717, 1.165) is 0 Å². The highest BCUT2D eigenvalue weighted by molar-refractivity contribution is 7.14. The van der Waals surface area contributed by atoms with Crippen LogP contribution >= 0.6 is 11.3 Å². The first-order valence-corrected chi connectivity index (χ1v) is 5.71. The van der Waals surface area contributed by atoms with E-state index in [1.807, 2.05) is 0 Å². The molecule has 1 saturated carbocycles. The molecule has 0 amide bonds. The van der Waals surface area contributed by atoms with Crippen molar-refractivity contribution in [2.45, 2.75) is 38.3 Å². The number of rotatable bonds is 2. The van der Waals surface area contributed by atoms with Crippen LogP contribution in [0.1, 0.15) is 24.8 Å². The summed E-state index contributed by atoms with van der Waals surface area (Å²) in [6.07, 6.45) is 3.66. The van der Waals surface area contributed by atoms with Crippen molar-refractivity contribution in [2.75, 3.05) is 5.32 Å². The van der Waals surface area contributed by atoms with Crippen molar-refractivity contribution in [3.05, 3.63) is 17.0 Å². The summed E-state index contributed by atoms with van der Waals surface area (Å²) in [5.41, 5.74) is 7.32. The van der Waals surface area contributed by atoms with Crippen LogP contribution in [0.5, 0.6) is 0 Å². The van der Waals surface area contributed by atoms with Gasteiger partial charge in [-0.05, 0) is 43.2 Å². The van der Waals surface area contributed by atoms with Gasteiger partial charge in [0.25, 0.3) is 0 Å². The maximum absolute atomic E-state index is 5.99. The SMILES string of the molecule is Cc1ccsc1NC1CCCC1N. The zero-order valence-electron chi connectivity index (χ0n) is 7.92. The topological polar surface area (TPSA) is 38.0 Å². The molecular weight excluding hydrogens is 180 g/mol. The molecule has 0 bridgehead atoms. The van der Waals surface area contributed by atoms with Crippen molar-refractivity contribution in [1.29, 1.82) is 0 Å². The van der Waals surface area contributed by atoms with Gasteiger partial charge in [-0.25, -0.2) is 0 Å². The number of thiophene rings is 1. The van der Waals surface area contributed by atoms with Gasteiger partial charge in [0.05, 0.1) is 5.00 Å². The minimum Gasteiger partial charge on any atom is -0.372 e. The highest BCUT2D eigenvalue weighted by Gasteiger charge is 2.23. The third-order valence-corrected chi connectivity index (χ3v) is 3.70. The molecular formula is C10H16N2S. The van der Waals surface area contributed by atoms with Crippen LogP contribution in [-0.2, 0) is 0 Å². The second-order valence-corrected chi connectivity index (χ2v) is 4.69. The Morgan fingerprint density at radius 2 is 2.38 bits per heavy atom. The standard InChI is InChI=1S/C10H16N2S/c1-7-5-6-13-10(7)12-9-4-2-3-8(9)11/h5-6,8-9,12H,2-4,11H2,1H3. The van der Waals surface area contributed by atoms with E-state index < -0.39 is 0 Å². The van der Waals surface area contributed by atoms with E-state index in [0.29, 0.717) is 12.1 Å². The summed E-state index contributed by atoms with van der Waals surface area (Å²) in [5, 5.41) is 6.95. The van der Waals surface area contributed by atoms with Gasteiger partial charge in [0.15, 0.2) is 0 Å². The number of nitrogens with two attached hydrogens (primary N) is 1. The van der Waals surface area contributed by atoms with Gasteiger partial charge in [0, 0.05) is 12.1 Å². The number of nitrogens with one attached hydrogen (secondary N) is 1. The fraction of sp³-hybridized carbons (Fsp3) is 0.600. The number of hydrogen-bond acceptors (Lipinski definition) is 3. The van der Waals surface area contributed by atoms with E-state index in [-0.39, 0.29) is 0 Å². The van der Waals surface area contributed by atoms with E-state index in [1.165, 1.54) is 29.8 Å². The van der Waals surface area contributed by atoms with Crippen LogP contribution in [0.4, 0.5) is 5.00 Å². The van der Waals surface area contributed by atoms with Crippen LogP contribution in [-0.4, -0.2) is 12.1 Å². The third kappa shape index (κ3) is 1.86. The lowest BCUT2D eigenvalue weighted by Gasteiger charge is -2.17. The highest BCUT2D eigenvalue weighted by atomic mass is 32.1. The van der Waals surface area contributed by atoms with Gasteiger partial charge in [0.1, 0.15) is 0 Å². The molecule has 2 unspecified atom stereocenters. The Morgan fingerprint density at radius 3 is 2.92 bits per heavy atom.